The van der Waals surface area contributed by atoms with Crippen molar-refractivity contribution >= 4 is 35.3 Å². The average molecular weight is 560 g/mol. The Morgan fingerprint density at radius 1 is 1.03 bits per heavy atom. The van der Waals surface area contributed by atoms with E-state index in [2.05, 4.69) is 61.9 Å². The van der Waals surface area contributed by atoms with E-state index < -0.39 is 0 Å². The number of aliphatic imine (C=N–C) groups is 2. The summed E-state index contributed by atoms with van der Waals surface area (Å²) >= 11 is 4.64. The van der Waals surface area contributed by atoms with Crippen molar-refractivity contribution in [3.63, 3.8) is 0 Å². The fourth-order valence-electron chi connectivity index (χ4n) is 4.36. The number of alkyl halides is 1. The van der Waals surface area contributed by atoms with E-state index in [-0.39, 0.29) is 5.83 Å². The first kappa shape index (κ1) is 34.0. The fourth-order valence-corrected chi connectivity index (χ4v) is 4.36. The molecule has 2 aliphatic heterocycles. The topological polar surface area (TPSA) is 59.2 Å². The maximum Gasteiger partial charge on any atom is 0.127 e. The molecule has 0 aromatic heterocycles. The summed E-state index contributed by atoms with van der Waals surface area (Å²) in [6.45, 7) is 17.2. The van der Waals surface area contributed by atoms with Gasteiger partial charge in [0.15, 0.2) is 0 Å². The highest BCUT2D eigenvalue weighted by atomic mass is 35.5. The third-order valence-corrected chi connectivity index (χ3v) is 6.32. The second-order valence-electron chi connectivity index (χ2n) is 8.65. The van der Waals surface area contributed by atoms with Gasteiger partial charge in [0.25, 0.3) is 0 Å². The van der Waals surface area contributed by atoms with Gasteiger partial charge in [-0.15, -0.1) is 16.7 Å². The lowest BCUT2D eigenvalue weighted by Gasteiger charge is -2.37. The third kappa shape index (κ3) is 11.3. The number of amidine groups is 3. The molecule has 2 heterocycles. The minimum absolute atomic E-state index is 0.151. The van der Waals surface area contributed by atoms with Gasteiger partial charge in [-0.05, 0) is 31.9 Å². The summed E-state index contributed by atoms with van der Waals surface area (Å²) in [6, 6.07) is 0. The Balaban J connectivity index is 0.00000181. The van der Waals surface area contributed by atoms with Crippen molar-refractivity contribution in [3.05, 3.63) is 60.1 Å². The van der Waals surface area contributed by atoms with Crippen LogP contribution in [0.2, 0.25) is 0 Å². The van der Waals surface area contributed by atoms with E-state index in [0.29, 0.717) is 6.42 Å². The zero-order chi connectivity index (χ0) is 29.0. The SMILES string of the molecule is C=C/C=N\N=C(/CC)N1CCN(C(/C=C(\N=C(C)N2CCCC2)C2=CC=C(F)CC=C2)=NC)CC1.CC.CCl. The van der Waals surface area contributed by atoms with Crippen molar-refractivity contribution in [2.24, 2.45) is 20.2 Å². The Bertz CT molecular complexity index is 991. The molecule has 0 atom stereocenters. The Labute approximate surface area is 240 Å². The molecule has 0 aromatic carbocycles. The molecular formula is C30H47ClFN7. The molecule has 216 valence electrons. The van der Waals surface area contributed by atoms with Gasteiger partial charge in [0, 0.05) is 83.4 Å². The smallest absolute Gasteiger partial charge is 0.127 e. The zero-order valence-electron chi connectivity index (χ0n) is 24.7. The summed E-state index contributed by atoms with van der Waals surface area (Å²) in [7, 11) is 1.81. The summed E-state index contributed by atoms with van der Waals surface area (Å²) in [5.41, 5.74) is 1.69. The monoisotopic (exact) mass is 559 g/mol. The number of hydrogen-bond acceptors (Lipinski definition) is 4. The minimum atomic E-state index is -0.151. The summed E-state index contributed by atoms with van der Waals surface area (Å²) in [5.74, 6) is 2.69. The molecule has 0 amide bonds. The van der Waals surface area contributed by atoms with Gasteiger partial charge < -0.3 is 14.7 Å². The highest BCUT2D eigenvalue weighted by Crippen LogP contribution is 2.22. The molecule has 0 spiro atoms. The van der Waals surface area contributed by atoms with Crippen LogP contribution in [0.15, 0.2) is 80.3 Å². The van der Waals surface area contributed by atoms with E-state index in [1.54, 1.807) is 12.3 Å². The summed E-state index contributed by atoms with van der Waals surface area (Å²) < 4.78 is 13.9. The normalized spacial score (nSPS) is 19.1. The molecule has 0 unspecified atom stereocenters. The van der Waals surface area contributed by atoms with Crippen molar-refractivity contribution in [2.75, 3.05) is 52.7 Å². The van der Waals surface area contributed by atoms with Crippen LogP contribution in [0.1, 0.15) is 53.4 Å². The lowest BCUT2D eigenvalue weighted by atomic mass is 10.1. The van der Waals surface area contributed by atoms with E-state index in [4.69, 9.17) is 4.99 Å². The molecule has 0 saturated carbocycles. The molecule has 7 nitrogen and oxygen atoms in total. The van der Waals surface area contributed by atoms with Crippen molar-refractivity contribution in [3.8, 4) is 0 Å². The van der Waals surface area contributed by atoms with Gasteiger partial charge in [-0.1, -0.05) is 45.6 Å². The fraction of sp³-hybridized carbons (Fsp3) is 0.533. The van der Waals surface area contributed by atoms with Crippen LogP contribution in [0.5, 0.6) is 0 Å². The van der Waals surface area contributed by atoms with Gasteiger partial charge in [0.05, 0.1) is 5.70 Å². The van der Waals surface area contributed by atoms with E-state index >= 15 is 0 Å². The first-order chi connectivity index (χ1) is 19.0. The predicted octanol–water partition coefficient (Wildman–Crippen LogP) is 6.63. The molecule has 0 radical (unpaired) electrons. The van der Waals surface area contributed by atoms with Crippen LogP contribution < -0.4 is 0 Å². The number of likely N-dealkylation sites (tertiary alicyclic amines) is 1. The highest BCUT2D eigenvalue weighted by molar-refractivity contribution is 6.15. The van der Waals surface area contributed by atoms with Crippen LogP contribution in [-0.2, 0) is 0 Å². The Morgan fingerprint density at radius 2 is 1.67 bits per heavy atom. The van der Waals surface area contributed by atoms with Gasteiger partial charge in [-0.3, -0.25) is 4.99 Å². The number of rotatable bonds is 6. The molecule has 39 heavy (non-hydrogen) atoms. The van der Waals surface area contributed by atoms with Crippen molar-refractivity contribution in [1.29, 1.82) is 0 Å². The van der Waals surface area contributed by atoms with E-state index in [1.165, 1.54) is 25.3 Å². The molecule has 1 aliphatic carbocycles. The van der Waals surface area contributed by atoms with Crippen LogP contribution in [0.4, 0.5) is 4.39 Å². The standard InChI is InChI=1S/C27H38FN7.C2H6.CH3Cl/c1-5-14-30-32-26(6-2)34-17-19-35(20-18-34)27(29-4)21-25(23-10-9-11-24(28)13-12-23)31-22(3)33-15-7-8-16-33;2*1-2/h5,9-10,12-14,21H,1,6-8,11,15-20H2,2-4H3;1-2H3;1H3/b25-21-,29-27?,30-14-,31-22?,32-26+;;. The summed E-state index contributed by atoms with van der Waals surface area (Å²) in [5, 5.41) is 8.41. The number of allylic oxidation sites excluding steroid dienone is 6. The van der Waals surface area contributed by atoms with Gasteiger partial charge >= 0.3 is 0 Å². The van der Waals surface area contributed by atoms with Crippen molar-refractivity contribution in [2.45, 2.75) is 53.4 Å². The van der Waals surface area contributed by atoms with E-state index in [9.17, 15) is 4.39 Å². The van der Waals surface area contributed by atoms with Crippen LogP contribution >= 0.6 is 11.6 Å². The maximum absolute atomic E-state index is 13.9. The quantitative estimate of drug-likeness (QED) is 0.159. The van der Waals surface area contributed by atoms with E-state index in [0.717, 1.165) is 74.5 Å². The van der Waals surface area contributed by atoms with Crippen molar-refractivity contribution in [1.82, 2.24) is 14.7 Å². The average Bonchev–Trinajstić information content (AvgIpc) is 3.44. The molecule has 0 N–H and O–H groups in total. The number of piperazine rings is 1. The lowest BCUT2D eigenvalue weighted by Crippen LogP contribution is -2.50. The first-order valence-corrected chi connectivity index (χ1v) is 14.6. The second-order valence-corrected chi connectivity index (χ2v) is 8.65. The molecule has 0 bridgehead atoms. The Kier molecular flexibility index (Phi) is 17.4. The van der Waals surface area contributed by atoms with Gasteiger partial charge in [0.1, 0.15) is 23.3 Å². The van der Waals surface area contributed by atoms with E-state index in [1.807, 2.05) is 45.2 Å². The molecule has 0 aromatic rings. The number of halogens is 2. The number of hydrogen-bond donors (Lipinski definition) is 0. The first-order valence-electron chi connectivity index (χ1n) is 13.9. The van der Waals surface area contributed by atoms with Crippen LogP contribution in [0.3, 0.4) is 0 Å². The lowest BCUT2D eigenvalue weighted by molar-refractivity contribution is 0.256. The minimum Gasteiger partial charge on any atom is -0.360 e. The molecule has 2 fully saturated rings. The molecule has 3 aliphatic rings. The third-order valence-electron chi connectivity index (χ3n) is 6.32. The predicted molar refractivity (Wildman–Crippen MR) is 169 cm³/mol. The van der Waals surface area contributed by atoms with Crippen LogP contribution in [-0.4, -0.2) is 91.1 Å². The van der Waals surface area contributed by atoms with Gasteiger partial charge in [-0.2, -0.15) is 5.10 Å². The zero-order valence-corrected chi connectivity index (χ0v) is 25.5. The van der Waals surface area contributed by atoms with Gasteiger partial charge in [-0.25, -0.2) is 9.38 Å². The molecule has 2 saturated heterocycles. The largest absolute Gasteiger partial charge is 0.360 e. The number of nitrogens with zero attached hydrogens (tertiary/aromatic N) is 7. The molecule has 3 rings (SSSR count). The highest BCUT2D eigenvalue weighted by Gasteiger charge is 2.22. The molecular weight excluding hydrogens is 513 g/mol. The Morgan fingerprint density at radius 3 is 2.26 bits per heavy atom. The van der Waals surface area contributed by atoms with Crippen molar-refractivity contribution < 1.29 is 4.39 Å². The molecule has 9 heteroatoms. The van der Waals surface area contributed by atoms with Crippen LogP contribution in [0.25, 0.3) is 0 Å². The maximum atomic E-state index is 13.9. The summed E-state index contributed by atoms with van der Waals surface area (Å²) in [4.78, 5) is 16.5. The van der Waals surface area contributed by atoms with Crippen LogP contribution in [0, 0.1) is 0 Å². The second kappa shape index (κ2) is 20.0. The van der Waals surface area contributed by atoms with Gasteiger partial charge in [0.2, 0.25) is 0 Å². The Hall–Kier alpha value is -3.00. The summed E-state index contributed by atoms with van der Waals surface area (Å²) in [6.07, 6.45) is 17.4.